The second-order valence-electron chi connectivity index (χ2n) is 2.87. The summed E-state index contributed by atoms with van der Waals surface area (Å²) in [6.45, 7) is 2.02. The quantitative estimate of drug-likeness (QED) is 0.737. The van der Waals surface area contributed by atoms with Crippen LogP contribution >= 0.6 is 0 Å². The Kier molecular flexibility index (Phi) is 3.00. The molecule has 0 aliphatic carbocycles. The molecule has 0 atom stereocenters. The van der Waals surface area contributed by atoms with Crippen LogP contribution in [0, 0.1) is 0 Å². The molecule has 5 nitrogen and oxygen atoms in total. The maximum Gasteiger partial charge on any atom is 0.229 e. The van der Waals surface area contributed by atoms with Crippen molar-refractivity contribution in [3.8, 4) is 0 Å². The number of anilines is 2. The lowest BCUT2D eigenvalue weighted by atomic mass is 10.4. The summed E-state index contributed by atoms with van der Waals surface area (Å²) in [5, 5.41) is 2.91. The maximum atomic E-state index is 4.26. The molecule has 0 fully saturated rings. The zero-order chi connectivity index (χ0) is 9.84. The molecule has 0 bridgehead atoms. The molecule has 0 amide bonds. The fraction of sp³-hybridized carbons (Fsp3) is 0.625. The lowest BCUT2D eigenvalue weighted by molar-refractivity contribution is 0.872. The number of nitrogens with zero attached hydrogens (tertiary/aromatic N) is 4. The summed E-state index contributed by atoms with van der Waals surface area (Å²) < 4.78 is 0. The molecule has 1 N–H and O–H groups in total. The highest BCUT2D eigenvalue weighted by atomic mass is 15.3. The van der Waals surface area contributed by atoms with E-state index in [1.165, 1.54) is 0 Å². The summed E-state index contributed by atoms with van der Waals surface area (Å²) >= 11 is 0. The molecule has 0 spiro atoms. The third-order valence-electron chi connectivity index (χ3n) is 1.61. The first kappa shape index (κ1) is 9.70. The van der Waals surface area contributed by atoms with Crippen LogP contribution in [0.25, 0.3) is 0 Å². The molecule has 13 heavy (non-hydrogen) atoms. The summed E-state index contributed by atoms with van der Waals surface area (Å²) in [5.74, 6) is 2.12. The van der Waals surface area contributed by atoms with Gasteiger partial charge in [0, 0.05) is 27.6 Å². The van der Waals surface area contributed by atoms with E-state index in [1.54, 1.807) is 7.05 Å². The number of hydrogen-bond donors (Lipinski definition) is 1. The summed E-state index contributed by atoms with van der Waals surface area (Å²) in [4.78, 5) is 14.5. The van der Waals surface area contributed by atoms with Gasteiger partial charge in [-0.25, -0.2) is 0 Å². The summed E-state index contributed by atoms with van der Waals surface area (Å²) in [6.07, 6.45) is 0.818. The highest BCUT2D eigenvalue weighted by molar-refractivity contribution is 5.34. The fourth-order valence-electron chi connectivity index (χ4n) is 0.877. The van der Waals surface area contributed by atoms with Crippen LogP contribution < -0.4 is 10.2 Å². The third kappa shape index (κ3) is 2.27. The second-order valence-corrected chi connectivity index (χ2v) is 2.87. The predicted octanol–water partition coefficient (Wildman–Crippen LogP) is 0.542. The molecule has 0 saturated heterocycles. The Labute approximate surface area is 78.2 Å². The van der Waals surface area contributed by atoms with Crippen LogP contribution in [-0.4, -0.2) is 36.1 Å². The Morgan fingerprint density at radius 1 is 1.23 bits per heavy atom. The van der Waals surface area contributed by atoms with Crippen molar-refractivity contribution in [3.05, 3.63) is 5.82 Å². The molecule has 0 aliphatic heterocycles. The smallest absolute Gasteiger partial charge is 0.229 e. The molecule has 0 saturated carbocycles. The second kappa shape index (κ2) is 4.02. The Morgan fingerprint density at radius 2 is 1.92 bits per heavy atom. The van der Waals surface area contributed by atoms with E-state index in [0.717, 1.165) is 12.2 Å². The number of rotatable bonds is 3. The third-order valence-corrected chi connectivity index (χ3v) is 1.61. The Morgan fingerprint density at radius 3 is 2.38 bits per heavy atom. The van der Waals surface area contributed by atoms with Crippen molar-refractivity contribution in [3.63, 3.8) is 0 Å². The fourth-order valence-corrected chi connectivity index (χ4v) is 0.877. The minimum absolute atomic E-state index is 0.621. The lowest BCUT2D eigenvalue weighted by Gasteiger charge is -2.11. The van der Waals surface area contributed by atoms with Crippen molar-refractivity contribution in [2.45, 2.75) is 13.3 Å². The van der Waals surface area contributed by atoms with Gasteiger partial charge in [-0.15, -0.1) is 0 Å². The van der Waals surface area contributed by atoms with Gasteiger partial charge in [0.2, 0.25) is 11.9 Å². The number of hydrogen-bond acceptors (Lipinski definition) is 5. The molecule has 1 heterocycles. The predicted molar refractivity (Wildman–Crippen MR) is 53.1 cm³/mol. The van der Waals surface area contributed by atoms with Crippen LogP contribution in [0.4, 0.5) is 11.9 Å². The van der Waals surface area contributed by atoms with E-state index in [2.05, 4.69) is 20.3 Å². The normalized spacial score (nSPS) is 9.85. The van der Waals surface area contributed by atoms with Gasteiger partial charge in [0.15, 0.2) is 0 Å². The number of nitrogens with one attached hydrogen (secondary N) is 1. The molecule has 0 radical (unpaired) electrons. The first-order valence-corrected chi connectivity index (χ1v) is 4.27. The monoisotopic (exact) mass is 181 g/mol. The van der Waals surface area contributed by atoms with E-state index in [1.807, 2.05) is 25.9 Å². The van der Waals surface area contributed by atoms with E-state index in [4.69, 9.17) is 0 Å². The van der Waals surface area contributed by atoms with Crippen molar-refractivity contribution < 1.29 is 0 Å². The first-order valence-electron chi connectivity index (χ1n) is 4.27. The molecule has 1 aromatic heterocycles. The van der Waals surface area contributed by atoms with Crippen molar-refractivity contribution in [1.29, 1.82) is 0 Å². The van der Waals surface area contributed by atoms with Gasteiger partial charge in [-0.2, -0.15) is 15.0 Å². The Balaban J connectivity index is 3.07. The average molecular weight is 181 g/mol. The van der Waals surface area contributed by atoms with Crippen LogP contribution in [0.1, 0.15) is 12.7 Å². The standard InChI is InChI=1S/C8H15N5/c1-5-6-10-7(9-2)12-8(11-6)13(3)4/h5H2,1-4H3,(H,9,10,11,12). The summed E-state index contributed by atoms with van der Waals surface area (Å²) in [7, 11) is 5.62. The molecule has 0 unspecified atom stereocenters. The molecule has 0 aliphatic rings. The lowest BCUT2D eigenvalue weighted by Crippen LogP contribution is -2.15. The topological polar surface area (TPSA) is 53.9 Å². The summed E-state index contributed by atoms with van der Waals surface area (Å²) in [5.41, 5.74) is 0. The highest BCUT2D eigenvalue weighted by Gasteiger charge is 2.04. The van der Waals surface area contributed by atoms with E-state index in [-0.39, 0.29) is 0 Å². The van der Waals surface area contributed by atoms with E-state index >= 15 is 0 Å². The van der Waals surface area contributed by atoms with Gasteiger partial charge < -0.3 is 10.2 Å². The molecule has 5 heteroatoms. The van der Waals surface area contributed by atoms with Gasteiger partial charge in [-0.1, -0.05) is 6.92 Å². The molecule has 0 aromatic carbocycles. The number of aromatic nitrogens is 3. The van der Waals surface area contributed by atoms with Crippen LogP contribution in [0.2, 0.25) is 0 Å². The van der Waals surface area contributed by atoms with E-state index in [0.29, 0.717) is 11.9 Å². The van der Waals surface area contributed by atoms with Gasteiger partial charge >= 0.3 is 0 Å². The van der Waals surface area contributed by atoms with Crippen LogP contribution in [0.3, 0.4) is 0 Å². The molecular formula is C8H15N5. The Bertz CT molecular complexity index is 262. The minimum Gasteiger partial charge on any atom is -0.357 e. The van der Waals surface area contributed by atoms with Gasteiger partial charge in [0.05, 0.1) is 0 Å². The molecule has 1 rings (SSSR count). The Hall–Kier alpha value is -1.39. The molecule has 1 aromatic rings. The van der Waals surface area contributed by atoms with Crippen molar-refractivity contribution >= 4 is 11.9 Å². The van der Waals surface area contributed by atoms with Gasteiger partial charge in [-0.3, -0.25) is 0 Å². The maximum absolute atomic E-state index is 4.26. The van der Waals surface area contributed by atoms with Gasteiger partial charge in [-0.05, 0) is 0 Å². The van der Waals surface area contributed by atoms with Crippen LogP contribution in [0.15, 0.2) is 0 Å². The van der Waals surface area contributed by atoms with E-state index in [9.17, 15) is 0 Å². The highest BCUT2D eigenvalue weighted by Crippen LogP contribution is 2.07. The largest absolute Gasteiger partial charge is 0.357 e. The SMILES string of the molecule is CCc1nc(NC)nc(N(C)C)n1. The molecular weight excluding hydrogens is 166 g/mol. The number of aryl methyl sites for hydroxylation is 1. The van der Waals surface area contributed by atoms with E-state index < -0.39 is 0 Å². The van der Waals surface area contributed by atoms with Crippen LogP contribution in [0.5, 0.6) is 0 Å². The van der Waals surface area contributed by atoms with Crippen molar-refractivity contribution in [1.82, 2.24) is 15.0 Å². The molecule has 72 valence electrons. The first-order chi connectivity index (χ1) is 6.17. The van der Waals surface area contributed by atoms with Crippen molar-refractivity contribution in [2.24, 2.45) is 0 Å². The van der Waals surface area contributed by atoms with Gasteiger partial charge in [0.1, 0.15) is 5.82 Å². The zero-order valence-electron chi connectivity index (χ0n) is 8.50. The van der Waals surface area contributed by atoms with Gasteiger partial charge in [0.25, 0.3) is 0 Å². The summed E-state index contributed by atoms with van der Waals surface area (Å²) in [6, 6.07) is 0. The average Bonchev–Trinajstić information content (AvgIpc) is 2.16. The zero-order valence-corrected chi connectivity index (χ0v) is 8.50. The van der Waals surface area contributed by atoms with Crippen LogP contribution in [-0.2, 0) is 6.42 Å². The van der Waals surface area contributed by atoms with Crippen molar-refractivity contribution in [2.75, 3.05) is 31.4 Å². The minimum atomic E-state index is 0.621.